The maximum absolute atomic E-state index is 13.3. The van der Waals surface area contributed by atoms with Crippen molar-refractivity contribution in [2.75, 3.05) is 20.1 Å². The molecule has 0 spiro atoms. The molecule has 2 aliphatic rings. The Kier molecular flexibility index (Phi) is 5.66. The molecule has 0 bridgehead atoms. The topological polar surface area (TPSA) is 83.5 Å². The minimum absolute atomic E-state index is 0.0836. The first kappa shape index (κ1) is 19.7. The minimum atomic E-state index is -3.71. The molecular formula is C19H26N4O3S2. The molecule has 1 aliphatic heterocycles. The van der Waals surface area contributed by atoms with Gasteiger partial charge in [-0.15, -0.1) is 0 Å². The Morgan fingerprint density at radius 3 is 2.71 bits per heavy atom. The summed E-state index contributed by atoms with van der Waals surface area (Å²) in [5.41, 5.74) is 1.01. The standard InChI is InChI=1S/C19H26N4O3S2/c1-22(15-8-3-2-4-9-15)19(24)14-7-6-12-23(13-14)28(25,26)17-11-5-10-16-18(17)21-27-20-16/h5,10-11,14-15H,2-4,6-9,12-13H2,1H3/t14-/m1/s1. The summed E-state index contributed by atoms with van der Waals surface area (Å²) in [4.78, 5) is 15.1. The SMILES string of the molecule is CN(C(=O)[C@@H]1CCCN(S(=O)(=O)c2cccc3nsnc23)C1)C1CCCCC1. The summed E-state index contributed by atoms with van der Waals surface area (Å²) in [6.07, 6.45) is 7.11. The lowest BCUT2D eigenvalue weighted by Crippen LogP contribution is -2.48. The van der Waals surface area contributed by atoms with Crippen LogP contribution >= 0.6 is 11.7 Å². The highest BCUT2D eigenvalue weighted by atomic mass is 32.2. The van der Waals surface area contributed by atoms with Crippen LogP contribution in [0.3, 0.4) is 0 Å². The molecule has 1 saturated carbocycles. The zero-order valence-corrected chi connectivity index (χ0v) is 17.7. The third-order valence-electron chi connectivity index (χ3n) is 6.07. The van der Waals surface area contributed by atoms with Crippen molar-refractivity contribution < 1.29 is 13.2 Å². The molecule has 152 valence electrons. The maximum atomic E-state index is 13.3. The molecule has 1 aromatic carbocycles. The van der Waals surface area contributed by atoms with Gasteiger partial charge in [0.2, 0.25) is 15.9 Å². The molecule has 1 saturated heterocycles. The normalized spacial score (nSPS) is 22.4. The van der Waals surface area contributed by atoms with Crippen molar-refractivity contribution in [3.8, 4) is 0 Å². The van der Waals surface area contributed by atoms with Crippen LogP contribution in [0.5, 0.6) is 0 Å². The molecule has 0 unspecified atom stereocenters. The lowest BCUT2D eigenvalue weighted by Gasteiger charge is -2.37. The predicted molar refractivity (Wildman–Crippen MR) is 109 cm³/mol. The first-order chi connectivity index (χ1) is 13.5. The van der Waals surface area contributed by atoms with Gasteiger partial charge in [-0.25, -0.2) is 8.42 Å². The van der Waals surface area contributed by atoms with E-state index in [2.05, 4.69) is 8.75 Å². The van der Waals surface area contributed by atoms with Crippen molar-refractivity contribution in [1.82, 2.24) is 18.0 Å². The van der Waals surface area contributed by atoms with E-state index in [0.717, 1.165) is 31.0 Å². The second-order valence-corrected chi connectivity index (χ2v) is 10.3. The Morgan fingerprint density at radius 2 is 1.93 bits per heavy atom. The van der Waals surface area contributed by atoms with Crippen molar-refractivity contribution in [3.05, 3.63) is 18.2 Å². The fourth-order valence-corrected chi connectivity index (χ4v) is 6.70. The Hall–Kier alpha value is -1.58. The highest BCUT2D eigenvalue weighted by molar-refractivity contribution is 7.89. The van der Waals surface area contributed by atoms with Crippen LogP contribution in [-0.2, 0) is 14.8 Å². The predicted octanol–water partition coefficient (Wildman–Crippen LogP) is 2.88. The lowest BCUT2D eigenvalue weighted by atomic mass is 9.92. The number of amides is 1. The zero-order valence-electron chi connectivity index (χ0n) is 16.1. The molecular weight excluding hydrogens is 396 g/mol. The van der Waals surface area contributed by atoms with Gasteiger partial charge in [0.25, 0.3) is 0 Å². The van der Waals surface area contributed by atoms with Crippen LogP contribution < -0.4 is 0 Å². The van der Waals surface area contributed by atoms with Gasteiger partial charge >= 0.3 is 0 Å². The number of nitrogens with zero attached hydrogens (tertiary/aromatic N) is 4. The van der Waals surface area contributed by atoms with E-state index in [0.29, 0.717) is 30.0 Å². The number of fused-ring (bicyclic) bond motifs is 1. The van der Waals surface area contributed by atoms with Gasteiger partial charge < -0.3 is 4.90 Å². The van der Waals surface area contributed by atoms with E-state index in [-0.39, 0.29) is 23.3 Å². The Morgan fingerprint density at radius 1 is 1.14 bits per heavy atom. The summed E-state index contributed by atoms with van der Waals surface area (Å²) in [5.74, 6) is -0.191. The smallest absolute Gasteiger partial charge is 0.245 e. The van der Waals surface area contributed by atoms with Gasteiger partial charge in [-0.2, -0.15) is 13.1 Å². The quantitative estimate of drug-likeness (QED) is 0.756. The first-order valence-electron chi connectivity index (χ1n) is 9.96. The summed E-state index contributed by atoms with van der Waals surface area (Å²) in [6, 6.07) is 5.33. The highest BCUT2D eigenvalue weighted by Gasteiger charge is 2.36. The molecule has 2 fully saturated rings. The molecule has 1 atom stereocenters. The number of aromatic nitrogens is 2. The van der Waals surface area contributed by atoms with Gasteiger partial charge in [-0.1, -0.05) is 25.3 Å². The second kappa shape index (κ2) is 8.04. The molecule has 1 aromatic heterocycles. The van der Waals surface area contributed by atoms with E-state index in [1.54, 1.807) is 18.2 Å². The van der Waals surface area contributed by atoms with Crippen molar-refractivity contribution in [1.29, 1.82) is 0 Å². The lowest BCUT2D eigenvalue weighted by molar-refractivity contribution is -0.138. The van der Waals surface area contributed by atoms with E-state index in [9.17, 15) is 13.2 Å². The van der Waals surface area contributed by atoms with Crippen LogP contribution in [0.15, 0.2) is 23.1 Å². The van der Waals surface area contributed by atoms with E-state index in [4.69, 9.17) is 0 Å². The Balaban J connectivity index is 1.53. The summed E-state index contributed by atoms with van der Waals surface area (Å²) < 4.78 is 36.3. The molecule has 1 aliphatic carbocycles. The molecule has 0 N–H and O–H groups in total. The van der Waals surface area contributed by atoms with Crippen LogP contribution in [0.25, 0.3) is 11.0 Å². The van der Waals surface area contributed by atoms with Crippen LogP contribution in [0, 0.1) is 5.92 Å². The number of carbonyl (C=O) groups excluding carboxylic acids is 1. The average Bonchev–Trinajstić information content (AvgIpc) is 3.22. The molecule has 9 heteroatoms. The number of piperidine rings is 1. The number of hydrogen-bond acceptors (Lipinski definition) is 6. The van der Waals surface area contributed by atoms with Crippen molar-refractivity contribution in [2.24, 2.45) is 5.92 Å². The summed E-state index contributed by atoms with van der Waals surface area (Å²) >= 11 is 1.01. The summed E-state index contributed by atoms with van der Waals surface area (Å²) in [7, 11) is -1.83. The molecule has 2 aromatic rings. The van der Waals surface area contributed by atoms with Crippen molar-refractivity contribution in [2.45, 2.75) is 55.9 Å². The van der Waals surface area contributed by atoms with Gasteiger partial charge in [0, 0.05) is 26.2 Å². The number of sulfonamides is 1. The van der Waals surface area contributed by atoms with E-state index < -0.39 is 10.0 Å². The Labute approximate surface area is 170 Å². The molecule has 2 heterocycles. The molecule has 4 rings (SSSR count). The first-order valence-corrected chi connectivity index (χ1v) is 12.1. The number of carbonyl (C=O) groups is 1. The van der Waals surface area contributed by atoms with Gasteiger partial charge in [0.1, 0.15) is 15.9 Å². The van der Waals surface area contributed by atoms with E-state index in [1.165, 1.54) is 23.6 Å². The Bertz CT molecular complexity index is 953. The fourth-order valence-electron chi connectivity index (χ4n) is 4.43. The number of rotatable bonds is 4. The van der Waals surface area contributed by atoms with Crippen LogP contribution in [0.1, 0.15) is 44.9 Å². The third kappa shape index (κ3) is 3.67. The second-order valence-electron chi connectivity index (χ2n) is 7.83. The van der Waals surface area contributed by atoms with Crippen LogP contribution in [-0.4, -0.2) is 58.5 Å². The monoisotopic (exact) mass is 422 g/mol. The van der Waals surface area contributed by atoms with Crippen LogP contribution in [0.4, 0.5) is 0 Å². The van der Waals surface area contributed by atoms with Gasteiger partial charge in [0.05, 0.1) is 17.6 Å². The summed E-state index contributed by atoms with van der Waals surface area (Å²) in [6.45, 7) is 0.680. The maximum Gasteiger partial charge on any atom is 0.245 e. The largest absolute Gasteiger partial charge is 0.342 e. The van der Waals surface area contributed by atoms with E-state index in [1.807, 2.05) is 11.9 Å². The van der Waals surface area contributed by atoms with Gasteiger partial charge in [-0.3, -0.25) is 4.79 Å². The fraction of sp³-hybridized carbons (Fsp3) is 0.632. The summed E-state index contributed by atoms with van der Waals surface area (Å²) in [5, 5.41) is 0. The molecule has 28 heavy (non-hydrogen) atoms. The number of hydrogen-bond donors (Lipinski definition) is 0. The van der Waals surface area contributed by atoms with Crippen molar-refractivity contribution >= 4 is 38.7 Å². The average molecular weight is 423 g/mol. The number of benzene rings is 1. The molecule has 1 amide bonds. The highest BCUT2D eigenvalue weighted by Crippen LogP contribution is 2.30. The van der Waals surface area contributed by atoms with Gasteiger partial charge in [-0.05, 0) is 37.8 Å². The van der Waals surface area contributed by atoms with Crippen LogP contribution in [0.2, 0.25) is 0 Å². The molecule has 7 nitrogen and oxygen atoms in total. The minimum Gasteiger partial charge on any atom is -0.342 e. The zero-order chi connectivity index (χ0) is 19.7. The molecule has 0 radical (unpaired) electrons. The third-order valence-corrected chi connectivity index (χ3v) is 8.51. The van der Waals surface area contributed by atoms with Crippen molar-refractivity contribution in [3.63, 3.8) is 0 Å². The van der Waals surface area contributed by atoms with E-state index >= 15 is 0 Å². The van der Waals surface area contributed by atoms with Gasteiger partial charge in [0.15, 0.2) is 0 Å².